The fourth-order valence-electron chi connectivity index (χ4n) is 1.83. The van der Waals surface area contributed by atoms with Gasteiger partial charge in [-0.25, -0.2) is 4.79 Å². The number of nitrogens with zero attached hydrogens (tertiary/aromatic N) is 2. The summed E-state index contributed by atoms with van der Waals surface area (Å²) in [6, 6.07) is 6.84. The maximum Gasteiger partial charge on any atom is 0.405 e. The van der Waals surface area contributed by atoms with E-state index in [1.807, 2.05) is 24.3 Å². The third-order valence-corrected chi connectivity index (χ3v) is 3.27. The summed E-state index contributed by atoms with van der Waals surface area (Å²) < 4.78 is 5.85. The van der Waals surface area contributed by atoms with Crippen LogP contribution >= 0.6 is 15.9 Å². The molecule has 2 atom stereocenters. The van der Waals surface area contributed by atoms with E-state index in [-0.39, 0.29) is 11.8 Å². The van der Waals surface area contributed by atoms with Crippen LogP contribution < -0.4 is 10.6 Å². The fourth-order valence-corrected chi connectivity index (χ4v) is 2.09. The molecule has 8 nitrogen and oxygen atoms in total. The Hall–Kier alpha value is -2.13. The van der Waals surface area contributed by atoms with E-state index in [4.69, 9.17) is 9.63 Å². The molecule has 1 aromatic heterocycles. The molecule has 4 N–H and O–H groups in total. The molecule has 9 heteroatoms. The van der Waals surface area contributed by atoms with E-state index >= 15 is 0 Å². The van der Waals surface area contributed by atoms with Crippen LogP contribution in [0.1, 0.15) is 24.4 Å². The van der Waals surface area contributed by atoms with E-state index in [2.05, 4.69) is 36.7 Å². The molecule has 2 aromatic rings. The monoisotopic (exact) mass is 370 g/mol. The molecular weight excluding hydrogens is 356 g/mol. The number of halogens is 1. The number of rotatable bonds is 6. The molecule has 22 heavy (non-hydrogen) atoms. The number of hydrogen-bond acceptors (Lipinski definition) is 6. The van der Waals surface area contributed by atoms with Gasteiger partial charge in [0.2, 0.25) is 0 Å². The van der Waals surface area contributed by atoms with E-state index < -0.39 is 18.4 Å². The molecule has 0 spiro atoms. The Labute approximate surface area is 134 Å². The SMILES string of the molecule is CC(O)Nc1nc(C(Cc2ccc(Br)cc2)NC(=O)O)no1. The van der Waals surface area contributed by atoms with Gasteiger partial charge in [0, 0.05) is 10.9 Å². The first-order chi connectivity index (χ1) is 10.4. The van der Waals surface area contributed by atoms with Crippen molar-refractivity contribution in [3.05, 3.63) is 40.1 Å². The number of carboxylic acid groups (broad SMARTS) is 1. The van der Waals surface area contributed by atoms with Crippen molar-refractivity contribution in [1.29, 1.82) is 0 Å². The molecule has 0 saturated heterocycles. The Morgan fingerprint density at radius 3 is 2.68 bits per heavy atom. The molecule has 0 aliphatic carbocycles. The lowest BCUT2D eigenvalue weighted by Crippen LogP contribution is -2.29. The third-order valence-electron chi connectivity index (χ3n) is 2.74. The number of carbonyl (C=O) groups is 1. The van der Waals surface area contributed by atoms with Crippen LogP contribution in [-0.4, -0.2) is 32.7 Å². The van der Waals surface area contributed by atoms with Crippen LogP contribution in [0.15, 0.2) is 33.3 Å². The summed E-state index contributed by atoms with van der Waals surface area (Å²) >= 11 is 3.34. The number of hydrogen-bond donors (Lipinski definition) is 4. The second-order valence-corrected chi connectivity index (χ2v) is 5.53. The topological polar surface area (TPSA) is 121 Å². The van der Waals surface area contributed by atoms with Gasteiger partial charge in [0.25, 0.3) is 0 Å². The summed E-state index contributed by atoms with van der Waals surface area (Å²) in [6.07, 6.45) is -1.67. The largest absolute Gasteiger partial charge is 0.465 e. The van der Waals surface area contributed by atoms with Crippen LogP contribution in [0, 0.1) is 0 Å². The van der Waals surface area contributed by atoms with E-state index in [0.717, 1.165) is 10.0 Å². The zero-order valence-corrected chi connectivity index (χ0v) is 13.2. The third kappa shape index (κ3) is 4.71. The number of aromatic nitrogens is 2. The summed E-state index contributed by atoms with van der Waals surface area (Å²) in [5.74, 6) is 0.188. The second kappa shape index (κ2) is 7.23. The molecular formula is C13H15BrN4O4. The van der Waals surface area contributed by atoms with Crippen molar-refractivity contribution in [2.24, 2.45) is 0 Å². The molecule has 0 saturated carbocycles. The highest BCUT2D eigenvalue weighted by atomic mass is 79.9. The highest BCUT2D eigenvalue weighted by molar-refractivity contribution is 9.10. The van der Waals surface area contributed by atoms with E-state index in [0.29, 0.717) is 6.42 Å². The maximum atomic E-state index is 11.0. The van der Waals surface area contributed by atoms with Gasteiger partial charge in [-0.1, -0.05) is 33.2 Å². The molecule has 0 fully saturated rings. The zero-order chi connectivity index (χ0) is 16.1. The predicted octanol–water partition coefficient (Wildman–Crippen LogP) is 2.13. The molecule has 0 aliphatic heterocycles. The number of nitrogens with one attached hydrogen (secondary N) is 2. The summed E-state index contributed by atoms with van der Waals surface area (Å²) in [5, 5.41) is 26.8. The number of aliphatic hydroxyl groups is 1. The molecule has 1 aromatic carbocycles. The van der Waals surface area contributed by atoms with Crippen LogP contribution in [0.3, 0.4) is 0 Å². The lowest BCUT2D eigenvalue weighted by atomic mass is 10.1. The number of aliphatic hydroxyl groups excluding tert-OH is 1. The first-order valence-corrected chi connectivity index (χ1v) is 7.25. The highest BCUT2D eigenvalue weighted by Gasteiger charge is 2.21. The minimum Gasteiger partial charge on any atom is -0.465 e. The highest BCUT2D eigenvalue weighted by Crippen LogP contribution is 2.19. The first-order valence-electron chi connectivity index (χ1n) is 6.46. The van der Waals surface area contributed by atoms with Crippen LogP contribution in [0.25, 0.3) is 0 Å². The number of amides is 1. The molecule has 118 valence electrons. The lowest BCUT2D eigenvalue weighted by molar-refractivity contribution is 0.189. The predicted molar refractivity (Wildman–Crippen MR) is 81.3 cm³/mol. The Morgan fingerprint density at radius 1 is 1.41 bits per heavy atom. The van der Waals surface area contributed by atoms with Gasteiger partial charge in [-0.05, 0) is 24.6 Å². The van der Waals surface area contributed by atoms with Crippen LogP contribution in [0.4, 0.5) is 10.8 Å². The van der Waals surface area contributed by atoms with Gasteiger partial charge in [-0.3, -0.25) is 0 Å². The molecule has 0 bridgehead atoms. The minimum atomic E-state index is -1.18. The van der Waals surface area contributed by atoms with E-state index in [9.17, 15) is 9.90 Å². The number of anilines is 1. The van der Waals surface area contributed by atoms with Gasteiger partial charge < -0.3 is 25.4 Å². The van der Waals surface area contributed by atoms with Crippen molar-refractivity contribution >= 4 is 28.0 Å². The summed E-state index contributed by atoms with van der Waals surface area (Å²) in [4.78, 5) is 15.0. The van der Waals surface area contributed by atoms with Crippen LogP contribution in [0.2, 0.25) is 0 Å². The smallest absolute Gasteiger partial charge is 0.405 e. The minimum absolute atomic E-state index is 0.0259. The Kier molecular flexibility index (Phi) is 5.34. The van der Waals surface area contributed by atoms with Crippen molar-refractivity contribution in [1.82, 2.24) is 15.5 Å². The lowest BCUT2D eigenvalue weighted by Gasteiger charge is -2.13. The Morgan fingerprint density at radius 2 is 2.09 bits per heavy atom. The standard InChI is InChI=1S/C13H15BrN4O4/c1-7(19)15-12-17-11(18-22-12)10(16-13(20)21)6-8-2-4-9(14)5-3-8/h2-5,7,10,16,19H,6H2,1H3,(H,20,21)(H,15,17,18). The first kappa shape index (κ1) is 16.2. The van der Waals surface area contributed by atoms with Crippen LogP contribution in [0.5, 0.6) is 0 Å². The van der Waals surface area contributed by atoms with Gasteiger partial charge in [-0.15, -0.1) is 0 Å². The van der Waals surface area contributed by atoms with Crippen LogP contribution in [-0.2, 0) is 6.42 Å². The molecule has 1 heterocycles. The Bertz CT molecular complexity index is 629. The summed E-state index contributed by atoms with van der Waals surface area (Å²) in [7, 11) is 0. The van der Waals surface area contributed by atoms with Crippen molar-refractivity contribution in [3.8, 4) is 0 Å². The second-order valence-electron chi connectivity index (χ2n) is 4.61. The van der Waals surface area contributed by atoms with E-state index in [1.54, 1.807) is 0 Å². The van der Waals surface area contributed by atoms with Crippen molar-refractivity contribution in [2.75, 3.05) is 5.32 Å². The average molecular weight is 371 g/mol. The van der Waals surface area contributed by atoms with Gasteiger partial charge in [0.1, 0.15) is 6.23 Å². The maximum absolute atomic E-state index is 11.0. The molecule has 0 aliphatic rings. The summed E-state index contributed by atoms with van der Waals surface area (Å²) in [6.45, 7) is 1.50. The molecule has 1 amide bonds. The van der Waals surface area contributed by atoms with Crippen molar-refractivity contribution in [3.63, 3.8) is 0 Å². The number of benzene rings is 1. The van der Waals surface area contributed by atoms with Gasteiger partial charge in [0.15, 0.2) is 5.82 Å². The zero-order valence-electron chi connectivity index (χ0n) is 11.7. The summed E-state index contributed by atoms with van der Waals surface area (Å²) in [5.41, 5.74) is 0.914. The Balaban J connectivity index is 2.16. The van der Waals surface area contributed by atoms with Crippen molar-refractivity contribution < 1.29 is 19.5 Å². The average Bonchev–Trinajstić information content (AvgIpc) is 2.87. The normalized spacial score (nSPS) is 13.4. The van der Waals surface area contributed by atoms with Gasteiger partial charge in [-0.2, -0.15) is 4.98 Å². The van der Waals surface area contributed by atoms with Crippen molar-refractivity contribution in [2.45, 2.75) is 25.6 Å². The quantitative estimate of drug-likeness (QED) is 0.574. The van der Waals surface area contributed by atoms with Gasteiger partial charge in [0.05, 0.1) is 6.04 Å². The fraction of sp³-hybridized carbons (Fsp3) is 0.308. The van der Waals surface area contributed by atoms with Gasteiger partial charge >= 0.3 is 12.1 Å². The molecule has 2 rings (SSSR count). The molecule has 2 unspecified atom stereocenters. The molecule has 0 radical (unpaired) electrons. The van der Waals surface area contributed by atoms with E-state index in [1.165, 1.54) is 6.92 Å².